The van der Waals surface area contributed by atoms with Gasteiger partial charge in [0.2, 0.25) is 5.91 Å². The van der Waals surface area contributed by atoms with Crippen molar-refractivity contribution in [3.05, 3.63) is 101 Å². The first-order valence-corrected chi connectivity index (χ1v) is 20.6. The monoisotopic (exact) mass is 812 g/mol. The third kappa shape index (κ3) is 7.11. The summed E-state index contributed by atoms with van der Waals surface area (Å²) in [4.78, 5) is 71.8. The highest BCUT2D eigenvalue weighted by molar-refractivity contribution is 5.88. The van der Waals surface area contributed by atoms with Gasteiger partial charge in [0.25, 0.3) is 5.91 Å². The fourth-order valence-electron chi connectivity index (χ4n) is 9.31. The SMILES string of the molecule is COC(=O)NC(C(=O)N1CCCC1c1nc2c([nH]1)CCc1cc3c(cc1-2)OCc1cc(-c2cnc(C4CCCN4C(=O)C(NC(=O)O)C(C)C)[nH]2)ccc1-3)c1ccccc1. The number of rotatable bonds is 9. The van der Waals surface area contributed by atoms with E-state index in [0.717, 1.165) is 95.0 Å². The number of ether oxygens (including phenoxy) is 2. The van der Waals surface area contributed by atoms with Crippen LogP contribution >= 0.6 is 0 Å². The summed E-state index contributed by atoms with van der Waals surface area (Å²) in [5.41, 5.74) is 9.74. The predicted molar refractivity (Wildman–Crippen MR) is 221 cm³/mol. The quantitative estimate of drug-likeness (QED) is 0.106. The van der Waals surface area contributed by atoms with Crippen LogP contribution in [0.1, 0.15) is 91.7 Å². The van der Waals surface area contributed by atoms with Crippen molar-refractivity contribution >= 4 is 24.0 Å². The molecule has 1 aliphatic carbocycles. The standard InChI is InChI=1S/C45H48N8O7/c1-24(2)37(50-44(56)57)42(54)52-17-7-11-34(52)40-46-22-33(48-40)27-13-15-29-28(19-27)23-60-36-21-30-26(20-31(29)36)14-16-32-39(30)49-41(47-32)35-12-8-18-53(35)43(55)38(51-45(58)59-3)25-9-5-4-6-10-25/h4-6,9-10,13,15,19-22,24,34-35,37-38,50H,7-8,11-12,14,16-18,23H2,1-3H3,(H,46,48)(H,47,49)(H,51,58)(H,56,57). The zero-order chi connectivity index (χ0) is 41.7. The molecule has 310 valence electrons. The lowest BCUT2D eigenvalue weighted by atomic mass is 9.86. The van der Waals surface area contributed by atoms with Crippen LogP contribution in [0.15, 0.2) is 66.9 Å². The van der Waals surface area contributed by atoms with E-state index in [1.807, 2.05) is 49.1 Å². The number of hydrogen-bond donors (Lipinski definition) is 5. The number of carbonyl (C=O) groups excluding carboxylic acids is 3. The molecule has 3 aliphatic heterocycles. The van der Waals surface area contributed by atoms with E-state index in [1.54, 1.807) is 11.1 Å². The number of fused-ring (bicyclic) bond motifs is 6. The number of likely N-dealkylation sites (tertiary alicyclic amines) is 2. The Morgan fingerprint density at radius 3 is 2.33 bits per heavy atom. The van der Waals surface area contributed by atoms with Gasteiger partial charge in [0.05, 0.1) is 36.8 Å². The van der Waals surface area contributed by atoms with Crippen LogP contribution in [-0.2, 0) is 33.8 Å². The van der Waals surface area contributed by atoms with Gasteiger partial charge in [-0.2, -0.15) is 0 Å². The Morgan fingerprint density at radius 2 is 1.60 bits per heavy atom. The van der Waals surface area contributed by atoms with Crippen molar-refractivity contribution in [2.75, 3.05) is 20.2 Å². The normalized spacial score (nSPS) is 18.7. The van der Waals surface area contributed by atoms with Gasteiger partial charge >= 0.3 is 12.2 Å². The summed E-state index contributed by atoms with van der Waals surface area (Å²) in [6, 6.07) is 17.6. The summed E-state index contributed by atoms with van der Waals surface area (Å²) in [7, 11) is 1.29. The number of aryl methyl sites for hydroxylation is 2. The first-order chi connectivity index (χ1) is 29.1. The van der Waals surface area contributed by atoms with Gasteiger partial charge in [-0.15, -0.1) is 0 Å². The van der Waals surface area contributed by atoms with Crippen molar-refractivity contribution in [1.82, 2.24) is 40.4 Å². The number of nitrogens with zero attached hydrogens (tertiary/aromatic N) is 4. The molecule has 15 heteroatoms. The number of methoxy groups -OCH3 is 1. The summed E-state index contributed by atoms with van der Waals surface area (Å²) >= 11 is 0. The maximum Gasteiger partial charge on any atom is 0.407 e. The molecule has 4 atom stereocenters. The van der Waals surface area contributed by atoms with Crippen LogP contribution in [0, 0.1) is 5.92 Å². The summed E-state index contributed by atoms with van der Waals surface area (Å²) in [5, 5.41) is 14.5. The van der Waals surface area contributed by atoms with Crippen molar-refractivity contribution in [2.45, 2.75) is 83.1 Å². The van der Waals surface area contributed by atoms with Gasteiger partial charge in [-0.3, -0.25) is 9.59 Å². The molecule has 2 fully saturated rings. The molecule has 60 heavy (non-hydrogen) atoms. The molecular formula is C45H48N8O7. The number of H-pyrrole nitrogens is 2. The third-order valence-corrected chi connectivity index (χ3v) is 12.3. The molecule has 5 N–H and O–H groups in total. The van der Waals surface area contributed by atoms with E-state index in [-0.39, 0.29) is 29.8 Å². The average molecular weight is 813 g/mol. The van der Waals surface area contributed by atoms with Crippen LogP contribution in [0.3, 0.4) is 0 Å². The zero-order valence-corrected chi connectivity index (χ0v) is 33.8. The van der Waals surface area contributed by atoms with Gasteiger partial charge in [0.1, 0.15) is 36.1 Å². The molecule has 9 rings (SSSR count). The van der Waals surface area contributed by atoms with E-state index < -0.39 is 24.3 Å². The zero-order valence-electron chi connectivity index (χ0n) is 33.8. The van der Waals surface area contributed by atoms with Crippen molar-refractivity contribution < 1.29 is 33.8 Å². The Hall–Kier alpha value is -6.64. The van der Waals surface area contributed by atoms with E-state index in [9.17, 15) is 24.3 Å². The highest BCUT2D eigenvalue weighted by Crippen LogP contribution is 2.46. The van der Waals surface area contributed by atoms with E-state index in [0.29, 0.717) is 31.1 Å². The Kier molecular flexibility index (Phi) is 10.3. The second-order valence-corrected chi connectivity index (χ2v) is 16.3. The van der Waals surface area contributed by atoms with E-state index in [1.165, 1.54) is 12.7 Å². The number of hydrogen-bond acceptors (Lipinski definition) is 8. The summed E-state index contributed by atoms with van der Waals surface area (Å²) < 4.78 is 11.3. The molecule has 3 aromatic carbocycles. The molecule has 2 saturated heterocycles. The first-order valence-electron chi connectivity index (χ1n) is 20.6. The van der Waals surface area contributed by atoms with Crippen molar-refractivity contribution in [2.24, 2.45) is 5.92 Å². The molecule has 5 aromatic rings. The Labute approximate surface area is 346 Å². The number of alkyl carbamates (subject to hydrolysis) is 1. The topological polar surface area (TPSA) is 195 Å². The van der Waals surface area contributed by atoms with Crippen LogP contribution in [0.25, 0.3) is 33.6 Å². The predicted octanol–water partition coefficient (Wildman–Crippen LogP) is 6.84. The van der Waals surface area contributed by atoms with Gasteiger partial charge in [-0.1, -0.05) is 56.3 Å². The Balaban J connectivity index is 0.942. The highest BCUT2D eigenvalue weighted by atomic mass is 16.5. The largest absolute Gasteiger partial charge is 0.488 e. The summed E-state index contributed by atoms with van der Waals surface area (Å²) in [6.45, 7) is 5.14. The van der Waals surface area contributed by atoms with Crippen LogP contribution in [-0.4, -0.2) is 85.1 Å². The van der Waals surface area contributed by atoms with Gasteiger partial charge in [0.15, 0.2) is 0 Å². The van der Waals surface area contributed by atoms with Gasteiger partial charge in [-0.25, -0.2) is 19.6 Å². The van der Waals surface area contributed by atoms with Crippen LogP contribution < -0.4 is 15.4 Å². The molecule has 4 unspecified atom stereocenters. The Morgan fingerprint density at radius 1 is 0.850 bits per heavy atom. The second kappa shape index (κ2) is 15.8. The van der Waals surface area contributed by atoms with Crippen LogP contribution in [0.2, 0.25) is 0 Å². The number of imidazole rings is 2. The lowest BCUT2D eigenvalue weighted by Crippen LogP contribution is -2.50. The second-order valence-electron chi connectivity index (χ2n) is 16.3. The summed E-state index contributed by atoms with van der Waals surface area (Å²) in [6.07, 6.45) is 4.61. The lowest BCUT2D eigenvalue weighted by molar-refractivity contribution is -0.135. The molecule has 2 aromatic heterocycles. The molecule has 0 radical (unpaired) electrons. The smallest absolute Gasteiger partial charge is 0.407 e. The van der Waals surface area contributed by atoms with Crippen LogP contribution in [0.4, 0.5) is 9.59 Å². The highest BCUT2D eigenvalue weighted by Gasteiger charge is 2.39. The van der Waals surface area contributed by atoms with Crippen molar-refractivity contribution in [3.63, 3.8) is 0 Å². The number of amides is 4. The molecular weight excluding hydrogens is 765 g/mol. The number of carbonyl (C=O) groups is 4. The number of aromatic amines is 2. The molecule has 5 heterocycles. The summed E-state index contributed by atoms with van der Waals surface area (Å²) in [5.74, 6) is 1.57. The number of benzene rings is 3. The van der Waals surface area contributed by atoms with Gasteiger partial charge < -0.3 is 45.0 Å². The molecule has 0 bridgehead atoms. The Bertz CT molecular complexity index is 2480. The number of carboxylic acid groups (broad SMARTS) is 1. The van der Waals surface area contributed by atoms with Gasteiger partial charge in [-0.05, 0) is 90.5 Å². The average Bonchev–Trinajstić information content (AvgIpc) is 4.10. The van der Waals surface area contributed by atoms with Crippen molar-refractivity contribution in [3.8, 4) is 39.4 Å². The fourth-order valence-corrected chi connectivity index (χ4v) is 9.31. The van der Waals surface area contributed by atoms with Crippen LogP contribution in [0.5, 0.6) is 5.75 Å². The molecule has 0 saturated carbocycles. The fraction of sp³-hybridized carbons (Fsp3) is 0.378. The molecule has 4 aliphatic rings. The molecule has 15 nitrogen and oxygen atoms in total. The van der Waals surface area contributed by atoms with E-state index in [2.05, 4.69) is 50.9 Å². The molecule has 0 spiro atoms. The number of nitrogens with one attached hydrogen (secondary N) is 4. The molecule has 4 amide bonds. The van der Waals surface area contributed by atoms with E-state index >= 15 is 0 Å². The van der Waals surface area contributed by atoms with Crippen molar-refractivity contribution in [1.29, 1.82) is 0 Å². The van der Waals surface area contributed by atoms with E-state index in [4.69, 9.17) is 19.4 Å². The minimum atomic E-state index is -1.22. The number of aromatic nitrogens is 4. The minimum Gasteiger partial charge on any atom is -0.488 e. The lowest BCUT2D eigenvalue weighted by Gasteiger charge is -2.29. The third-order valence-electron chi connectivity index (χ3n) is 12.3. The first kappa shape index (κ1) is 38.9. The van der Waals surface area contributed by atoms with Gasteiger partial charge in [0, 0.05) is 29.9 Å². The maximum absolute atomic E-state index is 14.1. The maximum atomic E-state index is 14.1. The minimum absolute atomic E-state index is 0.197.